The highest BCUT2D eigenvalue weighted by atomic mass is 31.2. The van der Waals surface area contributed by atoms with Crippen LogP contribution in [0.3, 0.4) is 0 Å². The fraction of sp³-hybridized carbons (Fsp3) is 0.796. The van der Waals surface area contributed by atoms with Crippen molar-refractivity contribution in [2.45, 2.75) is 238 Å². The van der Waals surface area contributed by atoms with Gasteiger partial charge in [0.05, 0.1) is 39.9 Å². The minimum atomic E-state index is -4.34. The monoisotopic (exact) mass is 906 g/mol. The van der Waals surface area contributed by atoms with Crippen LogP contribution in [0.15, 0.2) is 60.8 Å². The number of allylic oxidation sites excluding steroid dienone is 9. The van der Waals surface area contributed by atoms with Gasteiger partial charge in [-0.1, -0.05) is 209 Å². The van der Waals surface area contributed by atoms with Gasteiger partial charge in [0, 0.05) is 6.42 Å². The number of hydrogen-bond acceptors (Lipinski definition) is 5. The first kappa shape index (κ1) is 61.2. The maximum absolute atomic E-state index is 12.9. The van der Waals surface area contributed by atoms with Gasteiger partial charge in [0.15, 0.2) is 0 Å². The summed E-state index contributed by atoms with van der Waals surface area (Å²) in [4.78, 5) is 23.1. The molecular formula is C54H102N2O6P+. The summed E-state index contributed by atoms with van der Waals surface area (Å²) >= 11 is 0. The molecule has 0 aliphatic heterocycles. The Morgan fingerprint density at radius 1 is 0.540 bits per heavy atom. The van der Waals surface area contributed by atoms with Crippen molar-refractivity contribution < 1.29 is 32.9 Å². The van der Waals surface area contributed by atoms with Gasteiger partial charge in [-0.05, 0) is 70.6 Å². The van der Waals surface area contributed by atoms with Gasteiger partial charge in [0.1, 0.15) is 13.2 Å². The average molecular weight is 906 g/mol. The lowest BCUT2D eigenvalue weighted by Gasteiger charge is -2.25. The second kappa shape index (κ2) is 45.4. The van der Waals surface area contributed by atoms with Crippen molar-refractivity contribution in [3.05, 3.63) is 60.8 Å². The van der Waals surface area contributed by atoms with Crippen LogP contribution in [-0.2, 0) is 18.4 Å². The molecule has 0 aromatic rings. The molecule has 9 heteroatoms. The molecule has 0 fully saturated rings. The Bertz CT molecular complexity index is 1210. The Labute approximate surface area is 390 Å². The lowest BCUT2D eigenvalue weighted by Crippen LogP contribution is -2.45. The van der Waals surface area contributed by atoms with Crippen molar-refractivity contribution in [3.63, 3.8) is 0 Å². The number of unbranched alkanes of at least 4 members (excludes halogenated alkanes) is 26. The molecule has 0 heterocycles. The van der Waals surface area contributed by atoms with E-state index in [4.69, 9.17) is 9.05 Å². The maximum Gasteiger partial charge on any atom is 0.472 e. The van der Waals surface area contributed by atoms with Gasteiger partial charge >= 0.3 is 7.82 Å². The highest BCUT2D eigenvalue weighted by Crippen LogP contribution is 2.43. The fourth-order valence-corrected chi connectivity index (χ4v) is 8.04. The number of carbonyl (C=O) groups excluding carboxylic acids is 1. The van der Waals surface area contributed by atoms with Gasteiger partial charge in [-0.3, -0.25) is 13.8 Å². The van der Waals surface area contributed by atoms with E-state index in [-0.39, 0.29) is 19.1 Å². The summed E-state index contributed by atoms with van der Waals surface area (Å²) in [5, 5.41) is 13.8. The molecule has 3 N–H and O–H groups in total. The number of aliphatic hydroxyl groups excluding tert-OH is 1. The van der Waals surface area contributed by atoms with Crippen LogP contribution in [0.1, 0.15) is 226 Å². The number of quaternary nitrogens is 1. The molecule has 0 saturated heterocycles. The predicted molar refractivity (Wildman–Crippen MR) is 272 cm³/mol. The number of phosphoric acid groups is 1. The van der Waals surface area contributed by atoms with Crippen LogP contribution < -0.4 is 5.32 Å². The number of likely N-dealkylation sites (N-methyl/N-ethyl adjacent to an activating group) is 1. The number of carbonyl (C=O) groups is 1. The highest BCUT2D eigenvalue weighted by Gasteiger charge is 2.27. The number of hydrogen-bond donors (Lipinski definition) is 3. The summed E-state index contributed by atoms with van der Waals surface area (Å²) < 4.78 is 23.5. The smallest absolute Gasteiger partial charge is 0.387 e. The Hall–Kier alpha value is -1.80. The average Bonchev–Trinajstić information content (AvgIpc) is 3.24. The largest absolute Gasteiger partial charge is 0.472 e. The molecule has 0 radical (unpaired) electrons. The van der Waals surface area contributed by atoms with Gasteiger partial charge in [-0.25, -0.2) is 4.57 Å². The molecular weight excluding hydrogens is 804 g/mol. The number of rotatable bonds is 47. The topological polar surface area (TPSA) is 105 Å². The Morgan fingerprint density at radius 2 is 0.921 bits per heavy atom. The first-order chi connectivity index (χ1) is 30.5. The molecule has 0 bridgehead atoms. The van der Waals surface area contributed by atoms with Gasteiger partial charge in [0.2, 0.25) is 5.91 Å². The Balaban J connectivity index is 4.05. The van der Waals surface area contributed by atoms with Crippen LogP contribution in [0, 0.1) is 0 Å². The second-order valence-electron chi connectivity index (χ2n) is 18.9. The normalized spacial score (nSPS) is 14.6. The number of nitrogens with one attached hydrogen (secondary N) is 1. The SMILES string of the molecule is CCCCCC/C=C/CC/C=C/C(O)C(COP(=O)(O)OCC[N+](C)(C)C)NC(=O)CCCCCCCCCCCCCCCCCC/C=C\C/C=C\C/C=C\CCCCCCC. The van der Waals surface area contributed by atoms with E-state index in [1.54, 1.807) is 6.08 Å². The van der Waals surface area contributed by atoms with Crippen molar-refractivity contribution in [1.82, 2.24) is 5.32 Å². The first-order valence-corrected chi connectivity index (χ1v) is 27.7. The van der Waals surface area contributed by atoms with E-state index < -0.39 is 20.0 Å². The first-order valence-electron chi connectivity index (χ1n) is 26.2. The summed E-state index contributed by atoms with van der Waals surface area (Å²) in [6.07, 6.45) is 60.4. The zero-order valence-corrected chi connectivity index (χ0v) is 42.7. The van der Waals surface area contributed by atoms with Crippen LogP contribution in [0.25, 0.3) is 0 Å². The number of aliphatic hydroxyl groups is 1. The van der Waals surface area contributed by atoms with E-state index >= 15 is 0 Å². The molecule has 0 saturated carbocycles. The summed E-state index contributed by atoms with van der Waals surface area (Å²) in [6.45, 7) is 4.74. The molecule has 0 aliphatic carbocycles. The molecule has 0 rings (SSSR count). The molecule has 0 aliphatic rings. The Kier molecular flexibility index (Phi) is 44.1. The van der Waals surface area contributed by atoms with E-state index in [1.165, 1.54) is 154 Å². The minimum Gasteiger partial charge on any atom is -0.387 e. The van der Waals surface area contributed by atoms with E-state index in [2.05, 4.69) is 67.8 Å². The van der Waals surface area contributed by atoms with Crippen molar-refractivity contribution in [1.29, 1.82) is 0 Å². The molecule has 368 valence electrons. The molecule has 3 unspecified atom stereocenters. The number of phosphoric ester groups is 1. The van der Waals surface area contributed by atoms with Gasteiger partial charge in [-0.15, -0.1) is 0 Å². The molecule has 8 nitrogen and oxygen atoms in total. The van der Waals surface area contributed by atoms with E-state index in [9.17, 15) is 19.4 Å². The maximum atomic E-state index is 12.9. The molecule has 0 spiro atoms. The molecule has 0 aromatic heterocycles. The third kappa shape index (κ3) is 48.0. The van der Waals surface area contributed by atoms with E-state index in [1.807, 2.05) is 27.2 Å². The van der Waals surface area contributed by atoms with Crippen molar-refractivity contribution in [2.24, 2.45) is 0 Å². The lowest BCUT2D eigenvalue weighted by atomic mass is 10.0. The van der Waals surface area contributed by atoms with Gasteiger partial charge in [0.25, 0.3) is 0 Å². The van der Waals surface area contributed by atoms with Crippen LogP contribution in [0.5, 0.6) is 0 Å². The van der Waals surface area contributed by atoms with E-state index in [0.717, 1.165) is 51.4 Å². The van der Waals surface area contributed by atoms with E-state index in [0.29, 0.717) is 17.4 Å². The predicted octanol–water partition coefficient (Wildman–Crippen LogP) is 15.4. The molecule has 3 atom stereocenters. The van der Waals surface area contributed by atoms with Crippen LogP contribution in [0.2, 0.25) is 0 Å². The second-order valence-corrected chi connectivity index (χ2v) is 20.3. The van der Waals surface area contributed by atoms with Gasteiger partial charge < -0.3 is 19.8 Å². The number of amides is 1. The molecule has 0 aromatic carbocycles. The standard InChI is InChI=1S/C54H101N2O6P/c1-6-8-10-12-14-16-18-19-20-21-22-23-24-25-26-27-28-29-30-31-32-33-34-35-36-37-38-40-42-44-46-48-54(58)55-52(51-62-63(59,60)61-50-49-56(3,4)5)53(57)47-45-43-41-39-17-15-13-11-9-7-2/h17-19,21-22,24-25,39,45,47,52-53,57H,6-16,20,23,26-38,40-44,46,48-51H2,1-5H3,(H-,55,58,59,60)/p+1/b19-18-,22-21-,25-24-,39-17+,47-45+. The zero-order chi connectivity index (χ0) is 46.4. The van der Waals surface area contributed by atoms with Crippen LogP contribution in [0.4, 0.5) is 0 Å². The fourth-order valence-electron chi connectivity index (χ4n) is 7.30. The molecule has 63 heavy (non-hydrogen) atoms. The summed E-state index contributed by atoms with van der Waals surface area (Å²) in [6, 6.07) is -0.862. The quantitative estimate of drug-likeness (QED) is 0.0243. The summed E-state index contributed by atoms with van der Waals surface area (Å²) in [5.41, 5.74) is 0. The minimum absolute atomic E-state index is 0.0548. The molecule has 1 amide bonds. The highest BCUT2D eigenvalue weighted by molar-refractivity contribution is 7.47. The van der Waals surface area contributed by atoms with Gasteiger partial charge in [-0.2, -0.15) is 0 Å². The summed E-state index contributed by atoms with van der Waals surface area (Å²) in [7, 11) is 1.55. The third-order valence-corrected chi connectivity index (χ3v) is 12.4. The van der Waals surface area contributed by atoms with Crippen molar-refractivity contribution >= 4 is 13.7 Å². The third-order valence-electron chi connectivity index (χ3n) is 11.5. The van der Waals surface area contributed by atoms with Crippen molar-refractivity contribution in [2.75, 3.05) is 40.9 Å². The van der Waals surface area contributed by atoms with Crippen LogP contribution >= 0.6 is 7.82 Å². The van der Waals surface area contributed by atoms with Crippen LogP contribution in [-0.4, -0.2) is 73.4 Å². The zero-order valence-electron chi connectivity index (χ0n) is 41.8. The van der Waals surface area contributed by atoms with Crippen molar-refractivity contribution in [3.8, 4) is 0 Å². The summed E-state index contributed by atoms with van der Waals surface area (Å²) in [5.74, 6) is -0.190. The Morgan fingerprint density at radius 3 is 1.40 bits per heavy atom. The number of nitrogens with zero attached hydrogens (tertiary/aromatic N) is 1. The lowest BCUT2D eigenvalue weighted by molar-refractivity contribution is -0.870.